The van der Waals surface area contributed by atoms with Crippen molar-refractivity contribution in [1.29, 1.82) is 0 Å². The molecular weight excluding hydrogens is 269 g/mol. The van der Waals surface area contributed by atoms with E-state index in [0.29, 0.717) is 10.0 Å². The number of halogens is 2. The summed E-state index contributed by atoms with van der Waals surface area (Å²) in [5.41, 5.74) is 7.27. The van der Waals surface area contributed by atoms with Crippen molar-refractivity contribution in [2.75, 3.05) is 0 Å². The predicted octanol–water partition coefficient (Wildman–Crippen LogP) is 3.52. The molecule has 2 N–H and O–H groups in total. The van der Waals surface area contributed by atoms with Gasteiger partial charge in [0.2, 0.25) is 0 Å². The third kappa shape index (κ3) is 2.86. The summed E-state index contributed by atoms with van der Waals surface area (Å²) in [6, 6.07) is 7.60. The highest BCUT2D eigenvalue weighted by molar-refractivity contribution is 6.30. The van der Waals surface area contributed by atoms with Gasteiger partial charge in [-0.3, -0.25) is 4.68 Å². The van der Waals surface area contributed by atoms with Gasteiger partial charge in [0.15, 0.2) is 0 Å². The van der Waals surface area contributed by atoms with Gasteiger partial charge in [-0.05, 0) is 24.1 Å². The van der Waals surface area contributed by atoms with Gasteiger partial charge >= 0.3 is 0 Å². The maximum absolute atomic E-state index is 6.19. The molecular formula is C13H15Cl2N3. The van der Waals surface area contributed by atoms with Crippen LogP contribution < -0.4 is 5.73 Å². The highest BCUT2D eigenvalue weighted by Gasteiger charge is 2.21. The zero-order valence-corrected chi connectivity index (χ0v) is 11.6. The molecule has 0 fully saturated rings. The summed E-state index contributed by atoms with van der Waals surface area (Å²) >= 11 is 11.8. The summed E-state index contributed by atoms with van der Waals surface area (Å²) < 4.78 is 1.81. The van der Waals surface area contributed by atoms with Crippen molar-refractivity contribution in [1.82, 2.24) is 9.78 Å². The molecule has 0 aliphatic rings. The van der Waals surface area contributed by atoms with Crippen LogP contribution in [0.5, 0.6) is 0 Å². The van der Waals surface area contributed by atoms with Crippen LogP contribution in [0.3, 0.4) is 0 Å². The van der Waals surface area contributed by atoms with E-state index in [2.05, 4.69) is 12.0 Å². The monoisotopic (exact) mass is 283 g/mol. The largest absolute Gasteiger partial charge is 0.326 e. The van der Waals surface area contributed by atoms with Gasteiger partial charge in [0, 0.05) is 17.3 Å². The van der Waals surface area contributed by atoms with Crippen molar-refractivity contribution >= 4 is 23.2 Å². The number of benzene rings is 1. The fourth-order valence-electron chi connectivity index (χ4n) is 1.95. The molecule has 0 saturated heterocycles. The Kier molecular flexibility index (Phi) is 4.27. The third-order valence-corrected chi connectivity index (χ3v) is 3.39. The summed E-state index contributed by atoms with van der Waals surface area (Å²) in [6.07, 6.45) is 4.26. The van der Waals surface area contributed by atoms with Crippen LogP contribution in [0, 0.1) is 0 Å². The van der Waals surface area contributed by atoms with E-state index >= 15 is 0 Å². The van der Waals surface area contributed by atoms with Gasteiger partial charge < -0.3 is 5.73 Å². The minimum absolute atomic E-state index is 0.0258. The molecule has 5 heteroatoms. The molecule has 18 heavy (non-hydrogen) atoms. The van der Waals surface area contributed by atoms with E-state index in [1.165, 1.54) is 0 Å². The van der Waals surface area contributed by atoms with E-state index in [0.717, 1.165) is 12.0 Å². The molecule has 1 aromatic carbocycles. The Morgan fingerprint density at radius 2 is 1.89 bits per heavy atom. The lowest BCUT2D eigenvalue weighted by Gasteiger charge is -2.24. The summed E-state index contributed by atoms with van der Waals surface area (Å²) in [5, 5.41) is 5.57. The van der Waals surface area contributed by atoms with E-state index in [4.69, 9.17) is 28.9 Å². The van der Waals surface area contributed by atoms with Crippen molar-refractivity contribution in [3.8, 4) is 0 Å². The zero-order valence-electron chi connectivity index (χ0n) is 10.1. The minimum atomic E-state index is -0.0280. The topological polar surface area (TPSA) is 43.8 Å². The normalized spacial score (nSPS) is 14.4. The molecule has 0 aliphatic heterocycles. The number of hydrogen-bond acceptors (Lipinski definition) is 2. The molecule has 2 rings (SSSR count). The lowest BCUT2D eigenvalue weighted by molar-refractivity contribution is 0.424. The number of nitrogens with zero attached hydrogens (tertiary/aromatic N) is 2. The van der Waals surface area contributed by atoms with Crippen LogP contribution in [-0.2, 0) is 0 Å². The van der Waals surface area contributed by atoms with Crippen LogP contribution in [-0.4, -0.2) is 15.8 Å². The first-order valence-corrected chi connectivity index (χ1v) is 6.58. The molecule has 96 valence electrons. The lowest BCUT2D eigenvalue weighted by Crippen LogP contribution is -2.32. The van der Waals surface area contributed by atoms with Crippen molar-refractivity contribution in [3.63, 3.8) is 0 Å². The zero-order chi connectivity index (χ0) is 13.1. The number of nitrogens with two attached hydrogens (primary N) is 1. The molecule has 0 aliphatic carbocycles. The quantitative estimate of drug-likeness (QED) is 0.933. The van der Waals surface area contributed by atoms with Crippen molar-refractivity contribution in [3.05, 3.63) is 52.3 Å². The van der Waals surface area contributed by atoms with Gasteiger partial charge in [0.1, 0.15) is 0 Å². The summed E-state index contributed by atoms with van der Waals surface area (Å²) in [5.74, 6) is 0. The first-order valence-electron chi connectivity index (χ1n) is 5.82. The van der Waals surface area contributed by atoms with Gasteiger partial charge in [-0.2, -0.15) is 5.10 Å². The molecule has 2 aromatic rings. The highest BCUT2D eigenvalue weighted by atomic mass is 35.5. The SMILES string of the molecule is CCC(N)C(c1ccc(Cl)cc1)n1cc(Cl)cn1. The van der Waals surface area contributed by atoms with Crippen molar-refractivity contribution < 1.29 is 0 Å². The second-order valence-corrected chi connectivity index (χ2v) is 5.08. The van der Waals surface area contributed by atoms with E-state index < -0.39 is 0 Å². The molecule has 0 saturated carbocycles. The first kappa shape index (κ1) is 13.4. The molecule has 0 radical (unpaired) electrons. The highest BCUT2D eigenvalue weighted by Crippen LogP contribution is 2.25. The van der Waals surface area contributed by atoms with Crippen LogP contribution in [0.25, 0.3) is 0 Å². The van der Waals surface area contributed by atoms with E-state index in [9.17, 15) is 0 Å². The fourth-order valence-corrected chi connectivity index (χ4v) is 2.22. The predicted molar refractivity (Wildman–Crippen MR) is 75.1 cm³/mol. The molecule has 1 heterocycles. The maximum Gasteiger partial charge on any atom is 0.0919 e. The molecule has 3 nitrogen and oxygen atoms in total. The Bertz CT molecular complexity index is 507. The molecule has 2 unspecified atom stereocenters. The van der Waals surface area contributed by atoms with Crippen LogP contribution in [0.15, 0.2) is 36.7 Å². The molecule has 0 bridgehead atoms. The Labute approximate surface area is 117 Å². The number of rotatable bonds is 4. The molecule has 2 atom stereocenters. The maximum atomic E-state index is 6.19. The summed E-state index contributed by atoms with van der Waals surface area (Å²) in [7, 11) is 0. The Morgan fingerprint density at radius 1 is 1.22 bits per heavy atom. The molecule has 0 amide bonds. The van der Waals surface area contributed by atoms with Crippen molar-refractivity contribution in [2.45, 2.75) is 25.4 Å². The van der Waals surface area contributed by atoms with Gasteiger partial charge in [-0.25, -0.2) is 0 Å². The Hall–Kier alpha value is -1.03. The number of hydrogen-bond donors (Lipinski definition) is 1. The van der Waals surface area contributed by atoms with E-state index in [1.807, 2.05) is 24.3 Å². The van der Waals surface area contributed by atoms with Gasteiger partial charge in [-0.1, -0.05) is 42.3 Å². The third-order valence-electron chi connectivity index (χ3n) is 2.94. The smallest absolute Gasteiger partial charge is 0.0919 e. The summed E-state index contributed by atoms with van der Waals surface area (Å²) in [4.78, 5) is 0. The Morgan fingerprint density at radius 3 is 2.39 bits per heavy atom. The fraction of sp³-hybridized carbons (Fsp3) is 0.308. The van der Waals surface area contributed by atoms with E-state index in [-0.39, 0.29) is 12.1 Å². The van der Waals surface area contributed by atoms with Crippen molar-refractivity contribution in [2.24, 2.45) is 5.73 Å². The van der Waals surface area contributed by atoms with Gasteiger partial charge in [-0.15, -0.1) is 0 Å². The number of aromatic nitrogens is 2. The van der Waals surface area contributed by atoms with Crippen LogP contribution in [0.4, 0.5) is 0 Å². The van der Waals surface area contributed by atoms with Gasteiger partial charge in [0.05, 0.1) is 17.3 Å². The van der Waals surface area contributed by atoms with Crippen LogP contribution >= 0.6 is 23.2 Å². The van der Waals surface area contributed by atoms with Crippen LogP contribution in [0.2, 0.25) is 10.0 Å². The van der Waals surface area contributed by atoms with Gasteiger partial charge in [0.25, 0.3) is 0 Å². The average molecular weight is 284 g/mol. The van der Waals surface area contributed by atoms with Crippen LogP contribution in [0.1, 0.15) is 24.9 Å². The molecule has 1 aromatic heterocycles. The standard InChI is InChI=1S/C13H15Cl2N3/c1-2-12(16)13(18-8-11(15)7-17-18)9-3-5-10(14)6-4-9/h3-8,12-13H,2,16H2,1H3. The lowest BCUT2D eigenvalue weighted by atomic mass is 9.98. The second kappa shape index (κ2) is 5.74. The summed E-state index contributed by atoms with van der Waals surface area (Å²) in [6.45, 7) is 2.05. The minimum Gasteiger partial charge on any atom is -0.326 e. The first-order chi connectivity index (χ1) is 8.61. The second-order valence-electron chi connectivity index (χ2n) is 4.21. The Balaban J connectivity index is 2.39. The van der Waals surface area contributed by atoms with E-state index in [1.54, 1.807) is 17.1 Å². The molecule has 0 spiro atoms. The average Bonchev–Trinajstić information content (AvgIpc) is 2.78.